The lowest BCUT2D eigenvalue weighted by molar-refractivity contribution is 0.0959. The van der Waals surface area contributed by atoms with Crippen molar-refractivity contribution in [2.45, 2.75) is 0 Å². The molecule has 0 aliphatic heterocycles. The fraction of sp³-hybridized carbons (Fsp3) is 0.0588. The molecule has 0 spiro atoms. The molecule has 23 heavy (non-hydrogen) atoms. The molecule has 6 nitrogen and oxygen atoms in total. The fourth-order valence-corrected chi connectivity index (χ4v) is 2.10. The number of carbonyl (C=O) groups is 1. The molecule has 1 aromatic heterocycles. The summed E-state index contributed by atoms with van der Waals surface area (Å²) in [4.78, 5) is 24.1. The van der Waals surface area contributed by atoms with Crippen LogP contribution >= 0.6 is 0 Å². The van der Waals surface area contributed by atoms with Crippen LogP contribution in [0.1, 0.15) is 10.4 Å². The Labute approximate surface area is 131 Å². The largest absolute Gasteiger partial charge is 0.497 e. The summed E-state index contributed by atoms with van der Waals surface area (Å²) in [6, 6.07) is 15.6. The van der Waals surface area contributed by atoms with Crippen LogP contribution < -0.4 is 21.2 Å². The highest BCUT2D eigenvalue weighted by Crippen LogP contribution is 2.20. The number of para-hydroxylation sites is 1. The summed E-state index contributed by atoms with van der Waals surface area (Å²) in [5, 5.41) is 0.605. The van der Waals surface area contributed by atoms with Gasteiger partial charge in [-0.2, -0.15) is 0 Å². The van der Waals surface area contributed by atoms with Crippen molar-refractivity contribution in [3.63, 3.8) is 0 Å². The highest BCUT2D eigenvalue weighted by Gasteiger charge is 2.14. The first-order valence-electron chi connectivity index (χ1n) is 6.90. The van der Waals surface area contributed by atoms with Gasteiger partial charge in [-0.25, -0.2) is 4.79 Å². The van der Waals surface area contributed by atoms with Crippen molar-refractivity contribution < 1.29 is 13.9 Å². The monoisotopic (exact) mass is 310 g/mol. The Kier molecular flexibility index (Phi) is 3.97. The molecule has 0 aliphatic carbocycles. The number of hydrazine groups is 1. The van der Waals surface area contributed by atoms with E-state index in [-0.39, 0.29) is 5.56 Å². The van der Waals surface area contributed by atoms with Gasteiger partial charge in [0.05, 0.1) is 12.8 Å². The number of carbonyl (C=O) groups excluding carboxylic acids is 1. The first kappa shape index (κ1) is 14.6. The average molecular weight is 310 g/mol. The quantitative estimate of drug-likeness (QED) is 0.572. The second kappa shape index (κ2) is 6.23. The third kappa shape index (κ3) is 3.16. The second-order valence-corrected chi connectivity index (χ2v) is 4.80. The summed E-state index contributed by atoms with van der Waals surface area (Å²) >= 11 is 0. The third-order valence-corrected chi connectivity index (χ3v) is 3.28. The van der Waals surface area contributed by atoms with Crippen molar-refractivity contribution in [3.05, 3.63) is 70.6 Å². The molecule has 116 valence electrons. The van der Waals surface area contributed by atoms with Gasteiger partial charge in [0.2, 0.25) is 0 Å². The molecule has 0 atom stereocenters. The van der Waals surface area contributed by atoms with Gasteiger partial charge >= 0.3 is 5.63 Å². The summed E-state index contributed by atoms with van der Waals surface area (Å²) in [5.41, 5.74) is 5.51. The maximum Gasteiger partial charge on any atom is 0.349 e. The van der Waals surface area contributed by atoms with E-state index in [1.54, 1.807) is 30.3 Å². The van der Waals surface area contributed by atoms with Gasteiger partial charge in [0.25, 0.3) is 5.91 Å². The smallest absolute Gasteiger partial charge is 0.349 e. The molecular weight excluding hydrogens is 296 g/mol. The number of methoxy groups -OCH3 is 1. The molecular formula is C17H14N2O4. The standard InChI is InChI=1S/C17H14N2O4/c1-22-13-7-8-15-11(9-13)10-14(17(21)23-15)16(20)19-18-12-5-3-2-4-6-12/h2-10,18H,1H3,(H,19,20). The number of anilines is 1. The minimum Gasteiger partial charge on any atom is -0.497 e. The van der Waals surface area contributed by atoms with Crippen molar-refractivity contribution in [3.8, 4) is 5.75 Å². The molecule has 1 heterocycles. The van der Waals surface area contributed by atoms with Gasteiger partial charge < -0.3 is 9.15 Å². The lowest BCUT2D eigenvalue weighted by Gasteiger charge is -2.08. The number of fused-ring (bicyclic) bond motifs is 1. The molecule has 3 aromatic rings. The van der Waals surface area contributed by atoms with E-state index >= 15 is 0 Å². The Morgan fingerprint density at radius 2 is 1.87 bits per heavy atom. The number of rotatable bonds is 4. The number of amides is 1. The molecule has 3 rings (SSSR count). The normalized spacial score (nSPS) is 10.3. The third-order valence-electron chi connectivity index (χ3n) is 3.28. The fourth-order valence-electron chi connectivity index (χ4n) is 2.10. The van der Waals surface area contributed by atoms with Gasteiger partial charge in [-0.3, -0.25) is 15.6 Å². The van der Waals surface area contributed by atoms with Gasteiger partial charge in [0, 0.05) is 5.39 Å². The maximum atomic E-state index is 12.2. The zero-order valence-corrected chi connectivity index (χ0v) is 12.3. The van der Waals surface area contributed by atoms with Gasteiger partial charge in [0.15, 0.2) is 0 Å². The second-order valence-electron chi connectivity index (χ2n) is 4.80. The molecule has 0 bridgehead atoms. The van der Waals surface area contributed by atoms with Gasteiger partial charge in [-0.05, 0) is 36.4 Å². The molecule has 0 aliphatic rings. The molecule has 0 unspecified atom stereocenters. The Morgan fingerprint density at radius 1 is 1.09 bits per heavy atom. The van der Waals surface area contributed by atoms with E-state index in [9.17, 15) is 9.59 Å². The predicted octanol–water partition coefficient (Wildman–Crippen LogP) is 2.56. The molecule has 2 N–H and O–H groups in total. The highest BCUT2D eigenvalue weighted by atomic mass is 16.5. The number of ether oxygens (including phenoxy) is 1. The molecule has 0 radical (unpaired) electrons. The Hall–Kier alpha value is -3.28. The van der Waals surface area contributed by atoms with E-state index in [2.05, 4.69) is 10.9 Å². The molecule has 0 fully saturated rings. The first-order valence-corrected chi connectivity index (χ1v) is 6.90. The molecule has 1 amide bonds. The summed E-state index contributed by atoms with van der Waals surface area (Å²) < 4.78 is 10.3. The number of hydrogen-bond donors (Lipinski definition) is 2. The number of hydrogen-bond acceptors (Lipinski definition) is 5. The zero-order chi connectivity index (χ0) is 16.2. The van der Waals surface area contributed by atoms with E-state index in [1.807, 2.05) is 18.2 Å². The lowest BCUT2D eigenvalue weighted by atomic mass is 10.1. The van der Waals surface area contributed by atoms with Crippen molar-refractivity contribution in [2.75, 3.05) is 12.5 Å². The first-order chi connectivity index (χ1) is 11.2. The highest BCUT2D eigenvalue weighted by molar-refractivity contribution is 5.97. The van der Waals surface area contributed by atoms with Crippen LogP contribution in [0.15, 0.2) is 63.8 Å². The molecule has 0 saturated heterocycles. The van der Waals surface area contributed by atoms with E-state index in [1.165, 1.54) is 13.2 Å². The van der Waals surface area contributed by atoms with Crippen LogP contribution in [0.4, 0.5) is 5.69 Å². The minimum absolute atomic E-state index is 0.0887. The van der Waals surface area contributed by atoms with Crippen LogP contribution in [-0.4, -0.2) is 13.0 Å². The SMILES string of the molecule is COc1ccc2oc(=O)c(C(=O)NNc3ccccc3)cc2c1. The van der Waals surface area contributed by atoms with Crippen molar-refractivity contribution >= 4 is 22.6 Å². The van der Waals surface area contributed by atoms with E-state index < -0.39 is 11.5 Å². The number of nitrogens with one attached hydrogen (secondary N) is 2. The van der Waals surface area contributed by atoms with Gasteiger partial charge in [-0.15, -0.1) is 0 Å². The van der Waals surface area contributed by atoms with Crippen molar-refractivity contribution in [2.24, 2.45) is 0 Å². The molecule has 0 saturated carbocycles. The van der Waals surface area contributed by atoms with Crippen LogP contribution in [0, 0.1) is 0 Å². The van der Waals surface area contributed by atoms with Crippen molar-refractivity contribution in [1.82, 2.24) is 5.43 Å². The van der Waals surface area contributed by atoms with E-state index in [0.717, 1.165) is 0 Å². The van der Waals surface area contributed by atoms with Crippen LogP contribution in [0.2, 0.25) is 0 Å². The average Bonchev–Trinajstić information content (AvgIpc) is 2.59. The minimum atomic E-state index is -0.699. The van der Waals surface area contributed by atoms with Crippen LogP contribution in [0.5, 0.6) is 5.75 Å². The number of benzene rings is 2. The van der Waals surface area contributed by atoms with Crippen LogP contribution in [-0.2, 0) is 0 Å². The summed E-state index contributed by atoms with van der Waals surface area (Å²) in [6.45, 7) is 0. The summed E-state index contributed by atoms with van der Waals surface area (Å²) in [5.74, 6) is 0.0347. The van der Waals surface area contributed by atoms with Gasteiger partial charge in [-0.1, -0.05) is 18.2 Å². The van der Waals surface area contributed by atoms with Gasteiger partial charge in [0.1, 0.15) is 16.9 Å². The topological polar surface area (TPSA) is 80.6 Å². The zero-order valence-electron chi connectivity index (χ0n) is 12.3. The van der Waals surface area contributed by atoms with E-state index in [4.69, 9.17) is 9.15 Å². The van der Waals surface area contributed by atoms with E-state index in [0.29, 0.717) is 22.4 Å². The summed E-state index contributed by atoms with van der Waals surface area (Å²) in [7, 11) is 1.54. The van der Waals surface area contributed by atoms with Crippen LogP contribution in [0.3, 0.4) is 0 Å². The maximum absolute atomic E-state index is 12.2. The Bertz CT molecular complexity index is 903. The Balaban J connectivity index is 1.87. The molecule has 6 heteroatoms. The lowest BCUT2D eigenvalue weighted by Crippen LogP contribution is -2.32. The molecule has 2 aromatic carbocycles. The predicted molar refractivity (Wildman–Crippen MR) is 86.6 cm³/mol. The van der Waals surface area contributed by atoms with Crippen LogP contribution in [0.25, 0.3) is 11.0 Å². The summed E-state index contributed by atoms with van der Waals surface area (Å²) in [6.07, 6.45) is 0. The Morgan fingerprint density at radius 3 is 2.61 bits per heavy atom. The van der Waals surface area contributed by atoms with Crippen molar-refractivity contribution in [1.29, 1.82) is 0 Å².